The maximum absolute atomic E-state index is 14.4. The highest BCUT2D eigenvalue weighted by atomic mass is 35.5. The van der Waals surface area contributed by atoms with Crippen molar-refractivity contribution < 1.29 is 13.9 Å². The molecule has 1 atom stereocenters. The van der Waals surface area contributed by atoms with Crippen LogP contribution in [0.1, 0.15) is 28.4 Å². The zero-order chi connectivity index (χ0) is 30.5. The van der Waals surface area contributed by atoms with E-state index in [1.807, 2.05) is 78.9 Å². The number of aromatic amines is 1. The molecule has 5 aromatic rings. The average Bonchev–Trinajstić information content (AvgIpc) is 3.58. The fourth-order valence-corrected chi connectivity index (χ4v) is 5.73. The minimum atomic E-state index is -0.558. The third-order valence-corrected chi connectivity index (χ3v) is 8.03. The van der Waals surface area contributed by atoms with Gasteiger partial charge in [-0.25, -0.2) is 9.37 Å². The lowest BCUT2D eigenvalue weighted by Gasteiger charge is -2.39. The second kappa shape index (κ2) is 14.4. The summed E-state index contributed by atoms with van der Waals surface area (Å²) in [4.78, 5) is 25.0. The molecule has 6 rings (SSSR count). The number of imidazole rings is 1. The first-order valence-electron chi connectivity index (χ1n) is 14.3. The lowest BCUT2D eigenvalue weighted by atomic mass is 9.99. The lowest BCUT2D eigenvalue weighted by molar-refractivity contribution is -0.122. The fourth-order valence-electron chi connectivity index (χ4n) is 5.56. The van der Waals surface area contributed by atoms with Gasteiger partial charge in [0.1, 0.15) is 24.2 Å². The molecule has 1 fully saturated rings. The van der Waals surface area contributed by atoms with Crippen molar-refractivity contribution in [2.24, 2.45) is 0 Å². The predicted octanol–water partition coefficient (Wildman–Crippen LogP) is 7.37. The van der Waals surface area contributed by atoms with Crippen molar-refractivity contribution >= 4 is 35.6 Å². The topological polar surface area (TPSA) is 85.2 Å². The summed E-state index contributed by atoms with van der Waals surface area (Å²) in [6, 6.07) is 29.6. The van der Waals surface area contributed by atoms with Crippen molar-refractivity contribution in [3.8, 4) is 22.9 Å². The Bertz CT molecular complexity index is 1810. The zero-order valence-corrected chi connectivity index (χ0v) is 25.8. The van der Waals surface area contributed by atoms with Gasteiger partial charge in [-0.15, -0.1) is 12.4 Å². The summed E-state index contributed by atoms with van der Waals surface area (Å²) in [5.74, 6) is 0.0917. The van der Waals surface area contributed by atoms with Gasteiger partial charge in [-0.05, 0) is 59.5 Å². The van der Waals surface area contributed by atoms with Crippen LogP contribution in [-0.4, -0.2) is 40.4 Å². The van der Waals surface area contributed by atoms with E-state index in [-0.39, 0.29) is 36.5 Å². The van der Waals surface area contributed by atoms with Crippen LogP contribution in [0.5, 0.6) is 5.75 Å². The molecule has 1 aliphatic heterocycles. The normalized spacial score (nSPS) is 14.0. The predicted molar refractivity (Wildman–Crippen MR) is 175 cm³/mol. The number of anilines is 1. The molecule has 1 aromatic heterocycles. The first kappa shape index (κ1) is 31.7. The van der Waals surface area contributed by atoms with Crippen molar-refractivity contribution in [2.45, 2.75) is 19.1 Å². The SMILES string of the molecule is Cl.N#Cc1ccc(CC(c2cnc[nH]2)N2CCN(c3cc(Cl)ccc3-c3cccc(OCc4ccccc4)c3)C(=O)C2)cc1F. The first-order valence-corrected chi connectivity index (χ1v) is 14.6. The van der Waals surface area contributed by atoms with E-state index in [2.05, 4.69) is 14.9 Å². The number of hydrogen-bond acceptors (Lipinski definition) is 5. The van der Waals surface area contributed by atoms with Crippen molar-refractivity contribution in [1.82, 2.24) is 14.9 Å². The molecular weight excluding hydrogens is 612 g/mol. The van der Waals surface area contributed by atoms with E-state index in [1.54, 1.807) is 23.5 Å². The van der Waals surface area contributed by atoms with Gasteiger partial charge < -0.3 is 14.6 Å². The second-order valence-corrected chi connectivity index (χ2v) is 11.1. The molecule has 45 heavy (non-hydrogen) atoms. The minimum Gasteiger partial charge on any atom is -0.489 e. The van der Waals surface area contributed by atoms with Crippen molar-refractivity contribution in [1.29, 1.82) is 5.26 Å². The Labute approximate surface area is 272 Å². The Morgan fingerprint density at radius 2 is 1.84 bits per heavy atom. The van der Waals surface area contributed by atoms with Gasteiger partial charge in [0, 0.05) is 29.9 Å². The number of carbonyl (C=O) groups is 1. The van der Waals surface area contributed by atoms with Gasteiger partial charge in [-0.1, -0.05) is 66.2 Å². The number of hydrogen-bond donors (Lipinski definition) is 1. The number of benzene rings is 4. The van der Waals surface area contributed by atoms with E-state index in [9.17, 15) is 9.18 Å². The number of nitrogens with one attached hydrogen (secondary N) is 1. The van der Waals surface area contributed by atoms with Crippen LogP contribution in [0, 0.1) is 17.1 Å². The molecule has 0 radical (unpaired) electrons. The third kappa shape index (κ3) is 7.35. The van der Waals surface area contributed by atoms with Crippen molar-refractivity contribution in [3.63, 3.8) is 0 Å². The van der Waals surface area contributed by atoms with Crippen LogP contribution in [0.15, 0.2) is 104 Å². The zero-order valence-electron chi connectivity index (χ0n) is 24.2. The van der Waals surface area contributed by atoms with Crippen LogP contribution in [-0.2, 0) is 17.8 Å². The number of ether oxygens (including phenoxy) is 1. The molecule has 0 aliphatic carbocycles. The summed E-state index contributed by atoms with van der Waals surface area (Å²) in [6.07, 6.45) is 3.76. The van der Waals surface area contributed by atoms with E-state index >= 15 is 0 Å². The Morgan fingerprint density at radius 3 is 2.58 bits per heavy atom. The highest BCUT2D eigenvalue weighted by Gasteiger charge is 2.32. The number of H-pyrrole nitrogens is 1. The van der Waals surface area contributed by atoms with Gasteiger partial charge in [-0.3, -0.25) is 9.69 Å². The average molecular weight is 643 g/mol. The standard InChI is InChI=1S/C35H29ClFN5O2.ClH/c36-28-11-12-30(26-7-4-8-29(17-26)44-22-24-5-2-1-3-6-24)33(18-28)42-14-13-41(21-35(42)43)34(32-20-39-23-40-32)16-25-9-10-27(19-38)31(37)15-25;/h1-12,15,17-18,20,23,34H,13-14,16,21-22H2,(H,39,40);1H. The number of aromatic nitrogens is 2. The molecule has 228 valence electrons. The molecule has 1 amide bonds. The van der Waals surface area contributed by atoms with Crippen LogP contribution in [0.3, 0.4) is 0 Å². The molecule has 2 heterocycles. The molecule has 10 heteroatoms. The van der Waals surface area contributed by atoms with Gasteiger partial charge >= 0.3 is 0 Å². The molecule has 1 aliphatic rings. The lowest BCUT2D eigenvalue weighted by Crippen LogP contribution is -2.52. The van der Waals surface area contributed by atoms with Gasteiger partial charge in [-0.2, -0.15) is 5.26 Å². The summed E-state index contributed by atoms with van der Waals surface area (Å²) in [7, 11) is 0. The van der Waals surface area contributed by atoms with Crippen LogP contribution in [0.25, 0.3) is 11.1 Å². The number of piperazine rings is 1. The minimum absolute atomic E-state index is 0. The summed E-state index contributed by atoms with van der Waals surface area (Å²) in [6.45, 7) is 1.60. The van der Waals surface area contributed by atoms with E-state index in [4.69, 9.17) is 21.6 Å². The molecule has 0 bridgehead atoms. The first-order chi connectivity index (χ1) is 21.5. The van der Waals surface area contributed by atoms with E-state index in [0.717, 1.165) is 39.4 Å². The number of carbonyl (C=O) groups excluding carboxylic acids is 1. The molecule has 4 aromatic carbocycles. The van der Waals surface area contributed by atoms with E-state index < -0.39 is 5.82 Å². The molecule has 1 unspecified atom stereocenters. The summed E-state index contributed by atoms with van der Waals surface area (Å²) < 4.78 is 20.5. The van der Waals surface area contributed by atoms with Crippen molar-refractivity contribution in [2.75, 3.05) is 24.5 Å². The number of amides is 1. The summed E-state index contributed by atoms with van der Waals surface area (Å²) >= 11 is 6.46. The Kier molecular flexibility index (Phi) is 10.2. The Morgan fingerprint density at radius 1 is 1.00 bits per heavy atom. The van der Waals surface area contributed by atoms with Gasteiger partial charge in [0.25, 0.3) is 0 Å². The quantitative estimate of drug-likeness (QED) is 0.182. The van der Waals surface area contributed by atoms with Gasteiger partial charge in [0.2, 0.25) is 5.91 Å². The summed E-state index contributed by atoms with van der Waals surface area (Å²) in [5, 5.41) is 9.65. The highest BCUT2D eigenvalue weighted by molar-refractivity contribution is 6.31. The fraction of sp³-hybridized carbons (Fsp3) is 0.171. The molecule has 0 spiro atoms. The maximum atomic E-state index is 14.4. The molecule has 7 nitrogen and oxygen atoms in total. The molecular formula is C35H30Cl2FN5O2. The smallest absolute Gasteiger partial charge is 0.241 e. The molecule has 1 saturated heterocycles. The van der Waals surface area contributed by atoms with Crippen molar-refractivity contribution in [3.05, 3.63) is 137 Å². The maximum Gasteiger partial charge on any atom is 0.241 e. The largest absolute Gasteiger partial charge is 0.489 e. The third-order valence-electron chi connectivity index (χ3n) is 7.80. The highest BCUT2D eigenvalue weighted by Crippen LogP contribution is 2.37. The number of halogens is 3. The van der Waals surface area contributed by atoms with E-state index in [0.29, 0.717) is 31.1 Å². The van der Waals surface area contributed by atoms with Gasteiger partial charge in [0.15, 0.2) is 0 Å². The van der Waals surface area contributed by atoms with Crippen LogP contribution in [0.4, 0.5) is 10.1 Å². The summed E-state index contributed by atoms with van der Waals surface area (Å²) in [5.41, 5.74) is 5.14. The monoisotopic (exact) mass is 641 g/mol. The molecule has 1 N–H and O–H groups in total. The van der Waals surface area contributed by atoms with Gasteiger partial charge in [0.05, 0.1) is 35.9 Å². The Hall–Kier alpha value is -4.68. The second-order valence-electron chi connectivity index (χ2n) is 10.6. The Balaban J connectivity index is 0.00000400. The van der Waals surface area contributed by atoms with Crippen LogP contribution in [0.2, 0.25) is 5.02 Å². The van der Waals surface area contributed by atoms with E-state index in [1.165, 1.54) is 12.1 Å². The number of rotatable bonds is 9. The van der Waals surface area contributed by atoms with Crippen LogP contribution >= 0.6 is 24.0 Å². The molecule has 0 saturated carbocycles. The van der Waals surface area contributed by atoms with Crippen LogP contribution < -0.4 is 9.64 Å². The number of nitriles is 1. The number of nitrogens with zero attached hydrogens (tertiary/aromatic N) is 4.